The minimum absolute atomic E-state index is 0.126. The fraction of sp³-hybridized carbons (Fsp3) is 0.833. The van der Waals surface area contributed by atoms with Crippen LogP contribution < -0.4 is 5.32 Å². The molecule has 5 nitrogen and oxygen atoms in total. The zero-order valence-corrected chi connectivity index (χ0v) is 10.3. The predicted octanol–water partition coefficient (Wildman–Crippen LogP) is 0.810. The van der Waals surface area contributed by atoms with Crippen molar-refractivity contribution in [2.75, 3.05) is 19.7 Å². The topological polar surface area (TPSA) is 63.0 Å². The van der Waals surface area contributed by atoms with E-state index in [2.05, 4.69) is 15.6 Å². The van der Waals surface area contributed by atoms with E-state index < -0.39 is 0 Å². The Labute approximate surface area is 102 Å². The molecule has 1 fully saturated rings. The van der Waals surface area contributed by atoms with Gasteiger partial charge in [0, 0.05) is 31.3 Å². The first-order valence-electron chi connectivity index (χ1n) is 6.50. The van der Waals surface area contributed by atoms with E-state index in [-0.39, 0.29) is 5.41 Å². The molecule has 0 unspecified atom stereocenters. The van der Waals surface area contributed by atoms with Crippen LogP contribution in [0, 0.1) is 5.41 Å². The molecule has 96 valence electrons. The number of nitrogens with one attached hydrogen (secondary N) is 1. The molecule has 1 aromatic rings. The van der Waals surface area contributed by atoms with Gasteiger partial charge in [0.15, 0.2) is 0 Å². The number of hydrogen-bond acceptors (Lipinski definition) is 4. The first kappa shape index (κ1) is 12.5. The smallest absolute Gasteiger partial charge is 0.0692 e. The van der Waals surface area contributed by atoms with Crippen molar-refractivity contribution in [2.45, 2.75) is 38.6 Å². The normalized spacial score (nSPS) is 19.4. The van der Waals surface area contributed by atoms with Crippen LogP contribution in [0.15, 0.2) is 12.4 Å². The minimum atomic E-state index is 0.126. The van der Waals surface area contributed by atoms with Crippen LogP contribution in [0.25, 0.3) is 0 Å². The van der Waals surface area contributed by atoms with Gasteiger partial charge in [-0.25, -0.2) is 0 Å². The Morgan fingerprint density at radius 1 is 1.29 bits per heavy atom. The van der Waals surface area contributed by atoms with Crippen LogP contribution >= 0.6 is 0 Å². The number of aromatic nitrogens is 3. The molecule has 0 radical (unpaired) electrons. The van der Waals surface area contributed by atoms with Gasteiger partial charge in [-0.15, -0.1) is 5.10 Å². The summed E-state index contributed by atoms with van der Waals surface area (Å²) in [5.74, 6) is 0. The van der Waals surface area contributed by atoms with Crippen LogP contribution in [0.3, 0.4) is 0 Å². The molecule has 0 amide bonds. The lowest BCUT2D eigenvalue weighted by molar-refractivity contribution is 0.0812. The second kappa shape index (κ2) is 6.12. The molecule has 1 aromatic heterocycles. The molecule has 0 spiro atoms. The Morgan fingerprint density at radius 2 is 2.12 bits per heavy atom. The highest BCUT2D eigenvalue weighted by Gasteiger charge is 2.30. The minimum Gasteiger partial charge on any atom is -0.396 e. The largest absolute Gasteiger partial charge is 0.396 e. The Morgan fingerprint density at radius 3 is 2.76 bits per heavy atom. The van der Waals surface area contributed by atoms with Gasteiger partial charge < -0.3 is 10.4 Å². The highest BCUT2D eigenvalue weighted by atomic mass is 16.3. The van der Waals surface area contributed by atoms with Crippen molar-refractivity contribution in [3.8, 4) is 0 Å². The van der Waals surface area contributed by atoms with Crippen molar-refractivity contribution in [3.05, 3.63) is 12.4 Å². The molecule has 1 aliphatic carbocycles. The van der Waals surface area contributed by atoms with Gasteiger partial charge in [0.2, 0.25) is 0 Å². The van der Waals surface area contributed by atoms with Crippen molar-refractivity contribution < 1.29 is 5.11 Å². The second-order valence-corrected chi connectivity index (χ2v) is 5.06. The summed E-state index contributed by atoms with van der Waals surface area (Å²) in [6.45, 7) is 2.94. The third kappa shape index (κ3) is 3.51. The first-order valence-corrected chi connectivity index (χ1v) is 6.50. The Bertz CT molecular complexity index is 306. The molecule has 0 aliphatic heterocycles. The lowest BCUT2D eigenvalue weighted by atomic mass is 9.74. The van der Waals surface area contributed by atoms with E-state index in [0.717, 1.165) is 32.5 Å². The zero-order valence-electron chi connectivity index (χ0n) is 10.3. The lowest BCUT2D eigenvalue weighted by Gasteiger charge is -2.35. The van der Waals surface area contributed by atoms with Gasteiger partial charge in [-0.1, -0.05) is 24.5 Å². The highest BCUT2D eigenvalue weighted by molar-refractivity contribution is 4.84. The summed E-state index contributed by atoms with van der Waals surface area (Å²) in [5, 5.41) is 20.7. The quantitative estimate of drug-likeness (QED) is 0.720. The maximum atomic E-state index is 9.56. The maximum Gasteiger partial charge on any atom is 0.0692 e. The molecule has 1 aliphatic rings. The number of hydrogen-bond donors (Lipinski definition) is 2. The van der Waals surface area contributed by atoms with Crippen molar-refractivity contribution >= 4 is 0 Å². The van der Waals surface area contributed by atoms with Crippen molar-refractivity contribution in [3.63, 3.8) is 0 Å². The molecule has 5 heteroatoms. The summed E-state index contributed by atoms with van der Waals surface area (Å²) < 4.78 is 1.82. The van der Waals surface area contributed by atoms with Gasteiger partial charge in [-0.3, -0.25) is 4.68 Å². The number of aliphatic hydroxyl groups excluding tert-OH is 1. The molecule has 1 heterocycles. The van der Waals surface area contributed by atoms with Crippen LogP contribution in [-0.4, -0.2) is 39.8 Å². The molecular formula is C12H22N4O. The first-order chi connectivity index (χ1) is 8.35. The van der Waals surface area contributed by atoms with E-state index in [0.29, 0.717) is 6.61 Å². The molecule has 0 atom stereocenters. The fourth-order valence-electron chi connectivity index (χ4n) is 2.59. The average molecular weight is 238 g/mol. The molecule has 1 saturated carbocycles. The van der Waals surface area contributed by atoms with E-state index in [1.54, 1.807) is 6.20 Å². The summed E-state index contributed by atoms with van der Waals surface area (Å²) in [5.41, 5.74) is 0.126. The van der Waals surface area contributed by atoms with Gasteiger partial charge in [0.05, 0.1) is 12.7 Å². The Hall–Kier alpha value is -0.940. The molecule has 17 heavy (non-hydrogen) atoms. The maximum absolute atomic E-state index is 9.56. The molecular weight excluding hydrogens is 216 g/mol. The third-order valence-electron chi connectivity index (χ3n) is 3.74. The fourth-order valence-corrected chi connectivity index (χ4v) is 2.59. The molecule has 0 bridgehead atoms. The molecule has 0 saturated heterocycles. The van der Waals surface area contributed by atoms with Gasteiger partial charge in [-0.05, 0) is 12.8 Å². The standard InChI is InChI=1S/C12H22N4O/c17-11-12(4-2-1-3-5-12)10-13-6-8-16-9-7-14-15-16/h7,9,13,17H,1-6,8,10-11H2. The average Bonchev–Trinajstić information content (AvgIpc) is 2.89. The van der Waals surface area contributed by atoms with Crippen LogP contribution in [0.1, 0.15) is 32.1 Å². The number of nitrogens with zero attached hydrogens (tertiary/aromatic N) is 3. The summed E-state index contributed by atoms with van der Waals surface area (Å²) in [6, 6.07) is 0. The van der Waals surface area contributed by atoms with Gasteiger partial charge >= 0.3 is 0 Å². The molecule has 2 N–H and O–H groups in total. The summed E-state index contributed by atoms with van der Waals surface area (Å²) >= 11 is 0. The van der Waals surface area contributed by atoms with E-state index in [4.69, 9.17) is 0 Å². The van der Waals surface area contributed by atoms with Crippen LogP contribution in [-0.2, 0) is 6.54 Å². The summed E-state index contributed by atoms with van der Waals surface area (Å²) in [4.78, 5) is 0. The van der Waals surface area contributed by atoms with E-state index >= 15 is 0 Å². The number of aliphatic hydroxyl groups is 1. The van der Waals surface area contributed by atoms with E-state index in [9.17, 15) is 5.11 Å². The monoisotopic (exact) mass is 238 g/mol. The van der Waals surface area contributed by atoms with Crippen LogP contribution in [0.2, 0.25) is 0 Å². The van der Waals surface area contributed by atoms with E-state index in [1.165, 1.54) is 19.3 Å². The Balaban J connectivity index is 1.69. The van der Waals surface area contributed by atoms with Gasteiger partial charge in [0.25, 0.3) is 0 Å². The molecule has 0 aromatic carbocycles. The third-order valence-corrected chi connectivity index (χ3v) is 3.74. The highest BCUT2D eigenvalue weighted by Crippen LogP contribution is 2.35. The van der Waals surface area contributed by atoms with Crippen molar-refractivity contribution in [1.29, 1.82) is 0 Å². The summed E-state index contributed by atoms with van der Waals surface area (Å²) in [6.07, 6.45) is 9.69. The van der Waals surface area contributed by atoms with E-state index in [1.807, 2.05) is 10.9 Å². The molecule has 2 rings (SSSR count). The van der Waals surface area contributed by atoms with Gasteiger partial charge in [0.1, 0.15) is 0 Å². The summed E-state index contributed by atoms with van der Waals surface area (Å²) in [7, 11) is 0. The zero-order chi connectivity index (χ0) is 12.0. The second-order valence-electron chi connectivity index (χ2n) is 5.06. The SMILES string of the molecule is OCC1(CNCCn2ccnn2)CCCCC1. The predicted molar refractivity (Wildman–Crippen MR) is 65.5 cm³/mol. The van der Waals surface area contributed by atoms with Crippen molar-refractivity contribution in [1.82, 2.24) is 20.3 Å². The Kier molecular flexibility index (Phi) is 4.50. The van der Waals surface area contributed by atoms with Crippen LogP contribution in [0.4, 0.5) is 0 Å². The lowest BCUT2D eigenvalue weighted by Crippen LogP contribution is -2.40. The van der Waals surface area contributed by atoms with Gasteiger partial charge in [-0.2, -0.15) is 0 Å². The number of rotatable bonds is 6. The van der Waals surface area contributed by atoms with Crippen LogP contribution in [0.5, 0.6) is 0 Å². The van der Waals surface area contributed by atoms with Crippen molar-refractivity contribution in [2.24, 2.45) is 5.41 Å².